The summed E-state index contributed by atoms with van der Waals surface area (Å²) in [7, 11) is 0. The fourth-order valence-corrected chi connectivity index (χ4v) is 3.69. The van der Waals surface area contributed by atoms with Gasteiger partial charge in [0, 0.05) is 18.0 Å². The van der Waals surface area contributed by atoms with Gasteiger partial charge >= 0.3 is 0 Å². The first kappa shape index (κ1) is 25.1. The van der Waals surface area contributed by atoms with Crippen LogP contribution in [0, 0.1) is 5.82 Å². The predicted octanol–water partition coefficient (Wildman–Crippen LogP) is 4.32. The van der Waals surface area contributed by atoms with E-state index in [4.69, 9.17) is 4.99 Å². The molecule has 0 aliphatic heterocycles. The molecule has 3 aromatic rings. The third-order valence-corrected chi connectivity index (χ3v) is 5.36. The van der Waals surface area contributed by atoms with Crippen molar-refractivity contribution in [2.45, 2.75) is 31.3 Å². The SMILES string of the molecule is CCNC(=NCc1cccc(Cn2cncn2)c1)NCCCSc1ccc(F)cc1.I. The van der Waals surface area contributed by atoms with Crippen molar-refractivity contribution >= 4 is 41.7 Å². The highest BCUT2D eigenvalue weighted by Crippen LogP contribution is 2.18. The summed E-state index contributed by atoms with van der Waals surface area (Å²) in [6.45, 7) is 4.99. The van der Waals surface area contributed by atoms with Gasteiger partial charge in [-0.25, -0.2) is 19.0 Å². The van der Waals surface area contributed by atoms with Crippen LogP contribution in [-0.2, 0) is 13.1 Å². The molecule has 1 aromatic heterocycles. The highest BCUT2D eigenvalue weighted by molar-refractivity contribution is 14.0. The topological polar surface area (TPSA) is 67.1 Å². The summed E-state index contributed by atoms with van der Waals surface area (Å²) in [6.07, 6.45) is 4.24. The fourth-order valence-electron chi connectivity index (χ4n) is 2.84. The van der Waals surface area contributed by atoms with Crippen molar-refractivity contribution in [3.05, 3.63) is 78.1 Å². The fraction of sp³-hybridized carbons (Fsp3) is 0.318. The first-order chi connectivity index (χ1) is 14.7. The van der Waals surface area contributed by atoms with Crippen molar-refractivity contribution in [3.63, 3.8) is 0 Å². The van der Waals surface area contributed by atoms with Gasteiger partial charge in [0.2, 0.25) is 0 Å². The molecule has 0 atom stereocenters. The second-order valence-corrected chi connectivity index (χ2v) is 7.86. The van der Waals surface area contributed by atoms with E-state index in [9.17, 15) is 4.39 Å². The van der Waals surface area contributed by atoms with Crippen molar-refractivity contribution in [2.75, 3.05) is 18.8 Å². The van der Waals surface area contributed by atoms with Gasteiger partial charge in [-0.1, -0.05) is 24.3 Å². The summed E-state index contributed by atoms with van der Waals surface area (Å²) >= 11 is 1.73. The summed E-state index contributed by atoms with van der Waals surface area (Å²) in [5, 5.41) is 10.8. The van der Waals surface area contributed by atoms with Crippen LogP contribution >= 0.6 is 35.7 Å². The Morgan fingerprint density at radius 1 is 1.13 bits per heavy atom. The second kappa shape index (κ2) is 14.0. The second-order valence-electron chi connectivity index (χ2n) is 6.69. The number of thioether (sulfide) groups is 1. The van der Waals surface area contributed by atoms with E-state index in [0.717, 1.165) is 41.7 Å². The zero-order valence-corrected chi connectivity index (χ0v) is 20.6. The number of nitrogens with zero attached hydrogens (tertiary/aromatic N) is 4. The Hall–Kier alpha value is -2.14. The summed E-state index contributed by atoms with van der Waals surface area (Å²) in [5.74, 6) is 1.57. The molecule has 2 aromatic carbocycles. The molecule has 0 fully saturated rings. The highest BCUT2D eigenvalue weighted by Gasteiger charge is 2.01. The molecule has 3 rings (SSSR count). The van der Waals surface area contributed by atoms with Gasteiger partial charge in [-0.2, -0.15) is 5.10 Å². The molecule has 2 N–H and O–H groups in total. The molecule has 0 aliphatic rings. The lowest BCUT2D eigenvalue weighted by atomic mass is 10.1. The average Bonchev–Trinajstić information content (AvgIpc) is 3.26. The molecule has 0 radical (unpaired) electrons. The van der Waals surface area contributed by atoms with Gasteiger partial charge in [-0.3, -0.25) is 0 Å². The van der Waals surface area contributed by atoms with Crippen LogP contribution in [0.1, 0.15) is 24.5 Å². The lowest BCUT2D eigenvalue weighted by Crippen LogP contribution is -2.37. The number of guanidine groups is 1. The van der Waals surface area contributed by atoms with E-state index in [2.05, 4.69) is 45.8 Å². The van der Waals surface area contributed by atoms with Gasteiger partial charge in [-0.15, -0.1) is 35.7 Å². The molecule has 9 heteroatoms. The maximum atomic E-state index is 12.9. The lowest BCUT2D eigenvalue weighted by Gasteiger charge is -2.11. The quantitative estimate of drug-likeness (QED) is 0.129. The summed E-state index contributed by atoms with van der Waals surface area (Å²) in [4.78, 5) is 9.76. The van der Waals surface area contributed by atoms with Crippen molar-refractivity contribution in [3.8, 4) is 0 Å². The van der Waals surface area contributed by atoms with E-state index in [1.54, 1.807) is 29.1 Å². The molecule has 0 bridgehead atoms. The minimum absolute atomic E-state index is 0. The smallest absolute Gasteiger partial charge is 0.191 e. The maximum absolute atomic E-state index is 12.9. The largest absolute Gasteiger partial charge is 0.357 e. The van der Waals surface area contributed by atoms with E-state index >= 15 is 0 Å². The van der Waals surface area contributed by atoms with E-state index in [-0.39, 0.29) is 29.8 Å². The van der Waals surface area contributed by atoms with Crippen LogP contribution in [0.15, 0.2) is 71.1 Å². The van der Waals surface area contributed by atoms with Crippen LogP contribution < -0.4 is 10.6 Å². The molecule has 0 spiro atoms. The van der Waals surface area contributed by atoms with Crippen molar-refractivity contribution in [1.29, 1.82) is 0 Å². The predicted molar refractivity (Wildman–Crippen MR) is 136 cm³/mol. The summed E-state index contributed by atoms with van der Waals surface area (Å²) in [5.41, 5.74) is 2.32. The minimum Gasteiger partial charge on any atom is -0.357 e. The first-order valence-electron chi connectivity index (χ1n) is 10.0. The number of aliphatic imine (C=N–C) groups is 1. The first-order valence-corrected chi connectivity index (χ1v) is 11.0. The van der Waals surface area contributed by atoms with Gasteiger partial charge in [0.05, 0.1) is 13.1 Å². The maximum Gasteiger partial charge on any atom is 0.191 e. The molecular formula is C22H28FIN6S. The number of aromatic nitrogens is 3. The van der Waals surface area contributed by atoms with Gasteiger partial charge in [-0.05, 0) is 54.5 Å². The van der Waals surface area contributed by atoms with Crippen LogP contribution in [0.3, 0.4) is 0 Å². The van der Waals surface area contributed by atoms with Crippen LogP contribution in [0.4, 0.5) is 4.39 Å². The number of nitrogens with one attached hydrogen (secondary N) is 2. The molecule has 0 saturated heterocycles. The molecular weight excluding hydrogens is 526 g/mol. The summed E-state index contributed by atoms with van der Waals surface area (Å²) in [6, 6.07) is 15.0. The molecule has 0 unspecified atom stereocenters. The molecule has 31 heavy (non-hydrogen) atoms. The Bertz CT molecular complexity index is 918. The van der Waals surface area contributed by atoms with E-state index in [1.807, 2.05) is 18.2 Å². The van der Waals surface area contributed by atoms with Crippen LogP contribution in [0.25, 0.3) is 0 Å². The monoisotopic (exact) mass is 554 g/mol. The number of hydrogen-bond acceptors (Lipinski definition) is 4. The standard InChI is InChI=1S/C22H27FN6S.HI/c1-2-25-22(26-11-4-12-30-21-9-7-20(23)8-10-21)27-14-18-5-3-6-19(13-18)15-29-17-24-16-28-29;/h3,5-10,13,16-17H,2,4,11-12,14-15H2,1H3,(H2,25,26,27);1H. The third kappa shape index (κ3) is 9.26. The van der Waals surface area contributed by atoms with Gasteiger partial charge in [0.25, 0.3) is 0 Å². The molecule has 1 heterocycles. The van der Waals surface area contributed by atoms with Gasteiger partial charge in [0.15, 0.2) is 5.96 Å². The van der Waals surface area contributed by atoms with Crippen LogP contribution in [0.5, 0.6) is 0 Å². The van der Waals surface area contributed by atoms with Crippen molar-refractivity contribution in [1.82, 2.24) is 25.4 Å². The van der Waals surface area contributed by atoms with E-state index in [0.29, 0.717) is 13.1 Å². The van der Waals surface area contributed by atoms with Crippen molar-refractivity contribution < 1.29 is 4.39 Å². The highest BCUT2D eigenvalue weighted by atomic mass is 127. The van der Waals surface area contributed by atoms with Crippen LogP contribution in [-0.4, -0.2) is 39.6 Å². The molecule has 0 saturated carbocycles. The average molecular weight is 554 g/mol. The third-order valence-electron chi connectivity index (χ3n) is 4.26. The molecule has 6 nitrogen and oxygen atoms in total. The number of rotatable bonds is 10. The Balaban J connectivity index is 0.00000341. The lowest BCUT2D eigenvalue weighted by molar-refractivity contribution is 0.626. The number of hydrogen-bond donors (Lipinski definition) is 2. The van der Waals surface area contributed by atoms with Crippen LogP contribution in [0.2, 0.25) is 0 Å². The molecule has 0 aliphatic carbocycles. The Morgan fingerprint density at radius 2 is 1.94 bits per heavy atom. The van der Waals surface area contributed by atoms with Gasteiger partial charge < -0.3 is 10.6 Å². The zero-order valence-electron chi connectivity index (χ0n) is 17.5. The molecule has 0 amide bonds. The van der Waals surface area contributed by atoms with E-state index < -0.39 is 0 Å². The Labute approximate surface area is 204 Å². The van der Waals surface area contributed by atoms with Crippen molar-refractivity contribution in [2.24, 2.45) is 4.99 Å². The minimum atomic E-state index is -0.198. The summed E-state index contributed by atoms with van der Waals surface area (Å²) < 4.78 is 14.8. The Kier molecular flexibility index (Phi) is 11.4. The molecule has 166 valence electrons. The van der Waals surface area contributed by atoms with Gasteiger partial charge in [0.1, 0.15) is 18.5 Å². The number of halogens is 2. The van der Waals surface area contributed by atoms with E-state index in [1.165, 1.54) is 17.7 Å². The Morgan fingerprint density at radius 3 is 2.68 bits per heavy atom. The zero-order chi connectivity index (χ0) is 21.0. The number of benzene rings is 2. The normalized spacial score (nSPS) is 11.1.